The number of fused-ring (bicyclic) bond motifs is 1. The van der Waals surface area contributed by atoms with Gasteiger partial charge in [-0.25, -0.2) is 13.4 Å². The van der Waals surface area contributed by atoms with E-state index in [-0.39, 0.29) is 17.1 Å². The Morgan fingerprint density at radius 2 is 1.78 bits per heavy atom. The van der Waals surface area contributed by atoms with E-state index < -0.39 is 15.7 Å². The molecule has 2 aromatic heterocycles. The minimum atomic E-state index is -3.60. The van der Waals surface area contributed by atoms with Crippen molar-refractivity contribution in [2.24, 2.45) is 0 Å². The highest BCUT2D eigenvalue weighted by atomic mass is 35.5. The number of aromatic nitrogens is 3. The van der Waals surface area contributed by atoms with Gasteiger partial charge in [0, 0.05) is 17.5 Å². The van der Waals surface area contributed by atoms with E-state index in [4.69, 9.17) is 11.6 Å². The lowest BCUT2D eigenvalue weighted by atomic mass is 10.1. The summed E-state index contributed by atoms with van der Waals surface area (Å²) in [4.78, 5) is 17.3. The number of carbonyl (C=O) groups excluding carboxylic acids is 1. The van der Waals surface area contributed by atoms with Gasteiger partial charge in [0.25, 0.3) is 0 Å². The van der Waals surface area contributed by atoms with E-state index in [0.29, 0.717) is 21.7 Å². The van der Waals surface area contributed by atoms with Crippen LogP contribution in [0, 0.1) is 20.8 Å². The van der Waals surface area contributed by atoms with Gasteiger partial charge in [-0.05, 0) is 68.3 Å². The molecule has 166 valence electrons. The Hall–Kier alpha value is -2.75. The summed E-state index contributed by atoms with van der Waals surface area (Å²) in [5.41, 5.74) is 3.91. The Kier molecular flexibility index (Phi) is 6.07. The highest BCUT2D eigenvalue weighted by Gasteiger charge is 2.19. The molecule has 0 saturated carbocycles. The Morgan fingerprint density at radius 1 is 1.09 bits per heavy atom. The van der Waals surface area contributed by atoms with E-state index in [2.05, 4.69) is 28.4 Å². The van der Waals surface area contributed by atoms with Gasteiger partial charge in [0.1, 0.15) is 5.82 Å². The summed E-state index contributed by atoms with van der Waals surface area (Å²) in [5.74, 6) is -0.284. The van der Waals surface area contributed by atoms with Crippen molar-refractivity contribution in [1.29, 1.82) is 0 Å². The Morgan fingerprint density at radius 3 is 2.50 bits per heavy atom. The molecule has 1 N–H and O–H groups in total. The van der Waals surface area contributed by atoms with E-state index in [9.17, 15) is 13.2 Å². The van der Waals surface area contributed by atoms with Crippen LogP contribution in [0.15, 0.2) is 47.4 Å². The molecule has 0 bridgehead atoms. The van der Waals surface area contributed by atoms with E-state index in [0.717, 1.165) is 15.8 Å². The van der Waals surface area contributed by atoms with Gasteiger partial charge in [0.05, 0.1) is 26.6 Å². The normalized spacial score (nSPS) is 11.8. The number of amides is 1. The van der Waals surface area contributed by atoms with Crippen molar-refractivity contribution in [3.05, 3.63) is 64.3 Å². The molecular weight excluding hydrogens is 468 g/mol. The smallest absolute Gasteiger partial charge is 0.226 e. The number of sulfone groups is 1. The van der Waals surface area contributed by atoms with Gasteiger partial charge in [0.2, 0.25) is 11.0 Å². The third kappa shape index (κ3) is 4.69. The van der Waals surface area contributed by atoms with Crippen LogP contribution < -0.4 is 5.32 Å². The van der Waals surface area contributed by atoms with Crippen LogP contribution in [0.1, 0.15) is 23.2 Å². The fourth-order valence-corrected chi connectivity index (χ4v) is 5.56. The van der Waals surface area contributed by atoms with Crippen molar-refractivity contribution in [3.63, 3.8) is 0 Å². The lowest BCUT2D eigenvalue weighted by Crippen LogP contribution is -2.19. The van der Waals surface area contributed by atoms with Crippen LogP contribution in [-0.2, 0) is 14.6 Å². The van der Waals surface area contributed by atoms with Crippen molar-refractivity contribution >= 4 is 54.7 Å². The van der Waals surface area contributed by atoms with Gasteiger partial charge in [-0.1, -0.05) is 22.9 Å². The standard InChI is InChI=1S/C22H21ClN4O3S2/c1-13-10-18-19(11-14(13)2)31-22(24-18)27-20(12-15(3)26-27)25-21(28)8-9-32(29,30)17-6-4-16(23)5-7-17/h4-7,10-12H,8-9H2,1-3H3,(H,25,28). The summed E-state index contributed by atoms with van der Waals surface area (Å²) in [6, 6.07) is 11.7. The van der Waals surface area contributed by atoms with Crippen molar-refractivity contribution in [1.82, 2.24) is 14.8 Å². The SMILES string of the molecule is Cc1cc(NC(=O)CCS(=O)(=O)c2ccc(Cl)cc2)n(-c2nc3cc(C)c(C)cc3s2)n1. The predicted molar refractivity (Wildman–Crippen MR) is 128 cm³/mol. The zero-order valence-corrected chi connectivity index (χ0v) is 20.1. The van der Waals surface area contributed by atoms with Crippen LogP contribution in [0.25, 0.3) is 15.3 Å². The molecule has 0 aliphatic carbocycles. The molecule has 2 aromatic carbocycles. The van der Waals surface area contributed by atoms with Crippen LogP contribution >= 0.6 is 22.9 Å². The molecule has 10 heteroatoms. The highest BCUT2D eigenvalue weighted by molar-refractivity contribution is 7.91. The minimum Gasteiger partial charge on any atom is -0.310 e. The quantitative estimate of drug-likeness (QED) is 0.418. The van der Waals surface area contributed by atoms with Gasteiger partial charge in [-0.3, -0.25) is 4.79 Å². The molecule has 0 fully saturated rings. The number of aryl methyl sites for hydroxylation is 3. The summed E-state index contributed by atoms with van der Waals surface area (Å²) in [5, 5.41) is 8.31. The Bertz CT molecular complexity index is 1380. The molecule has 0 aliphatic rings. The fraction of sp³-hybridized carbons (Fsp3) is 0.227. The first-order valence-corrected chi connectivity index (χ1v) is 12.7. The number of hydrogen-bond acceptors (Lipinski definition) is 6. The number of nitrogens with zero attached hydrogens (tertiary/aromatic N) is 3. The van der Waals surface area contributed by atoms with Crippen LogP contribution in [-0.4, -0.2) is 34.8 Å². The number of rotatable bonds is 6. The average Bonchev–Trinajstić information content (AvgIpc) is 3.29. The van der Waals surface area contributed by atoms with E-state index in [1.165, 1.54) is 41.2 Å². The zero-order chi connectivity index (χ0) is 23.0. The van der Waals surface area contributed by atoms with Crippen LogP contribution in [0.3, 0.4) is 0 Å². The maximum absolute atomic E-state index is 12.5. The monoisotopic (exact) mass is 488 g/mol. The summed E-state index contributed by atoms with van der Waals surface area (Å²) in [7, 11) is -3.60. The molecule has 0 atom stereocenters. The molecule has 4 aromatic rings. The second-order valence-electron chi connectivity index (χ2n) is 7.55. The van der Waals surface area contributed by atoms with E-state index in [1.807, 2.05) is 19.9 Å². The molecule has 0 spiro atoms. The number of hydrogen-bond donors (Lipinski definition) is 1. The largest absolute Gasteiger partial charge is 0.310 e. The molecule has 0 saturated heterocycles. The number of carbonyl (C=O) groups is 1. The minimum absolute atomic E-state index is 0.135. The van der Waals surface area contributed by atoms with Gasteiger partial charge < -0.3 is 5.32 Å². The summed E-state index contributed by atoms with van der Waals surface area (Å²) < 4.78 is 27.6. The molecule has 1 amide bonds. The van der Waals surface area contributed by atoms with Crippen molar-refractivity contribution in [2.75, 3.05) is 11.1 Å². The van der Waals surface area contributed by atoms with Gasteiger partial charge in [-0.2, -0.15) is 9.78 Å². The first kappa shape index (κ1) is 22.4. The number of nitrogens with one attached hydrogen (secondary N) is 1. The first-order valence-electron chi connectivity index (χ1n) is 9.85. The Labute approximate surface area is 195 Å². The van der Waals surface area contributed by atoms with Crippen molar-refractivity contribution in [2.45, 2.75) is 32.1 Å². The topological polar surface area (TPSA) is 94.0 Å². The molecule has 7 nitrogen and oxygen atoms in total. The third-order valence-corrected chi connectivity index (χ3v) is 8.02. The molecular formula is C22H21ClN4O3S2. The molecule has 0 unspecified atom stereocenters. The van der Waals surface area contributed by atoms with Gasteiger partial charge in [0.15, 0.2) is 9.84 Å². The number of thiazole rings is 1. The second-order valence-corrected chi connectivity index (χ2v) is 11.1. The predicted octanol–water partition coefficient (Wildman–Crippen LogP) is 4.86. The molecule has 32 heavy (non-hydrogen) atoms. The van der Waals surface area contributed by atoms with Crippen molar-refractivity contribution in [3.8, 4) is 5.13 Å². The van der Waals surface area contributed by atoms with Crippen LogP contribution in [0.4, 0.5) is 5.82 Å². The van der Waals surface area contributed by atoms with Crippen LogP contribution in [0.5, 0.6) is 0 Å². The first-order chi connectivity index (χ1) is 15.1. The third-order valence-electron chi connectivity index (χ3n) is 5.04. The fourth-order valence-electron chi connectivity index (χ4n) is 3.18. The van der Waals surface area contributed by atoms with Crippen LogP contribution in [0.2, 0.25) is 5.02 Å². The number of benzene rings is 2. The average molecular weight is 489 g/mol. The van der Waals surface area contributed by atoms with E-state index in [1.54, 1.807) is 10.7 Å². The molecule has 0 aliphatic heterocycles. The summed E-state index contributed by atoms with van der Waals surface area (Å²) in [6.45, 7) is 5.91. The second kappa shape index (κ2) is 8.65. The van der Waals surface area contributed by atoms with Gasteiger partial charge >= 0.3 is 0 Å². The molecule has 2 heterocycles. The van der Waals surface area contributed by atoms with Crippen molar-refractivity contribution < 1.29 is 13.2 Å². The number of halogens is 1. The van der Waals surface area contributed by atoms with Gasteiger partial charge in [-0.15, -0.1) is 0 Å². The van der Waals surface area contributed by atoms with E-state index >= 15 is 0 Å². The summed E-state index contributed by atoms with van der Waals surface area (Å²) in [6.07, 6.45) is -0.187. The lowest BCUT2D eigenvalue weighted by molar-refractivity contribution is -0.115. The maximum Gasteiger partial charge on any atom is 0.226 e. The Balaban J connectivity index is 1.52. The molecule has 0 radical (unpaired) electrons. The lowest BCUT2D eigenvalue weighted by Gasteiger charge is -2.07. The number of anilines is 1. The highest BCUT2D eigenvalue weighted by Crippen LogP contribution is 2.29. The maximum atomic E-state index is 12.5. The molecule has 4 rings (SSSR count). The zero-order valence-electron chi connectivity index (χ0n) is 17.7. The summed E-state index contributed by atoms with van der Waals surface area (Å²) >= 11 is 7.29.